The molecule has 5 nitrogen and oxygen atoms in total. The maximum absolute atomic E-state index is 13.1. The molecular weight excluding hydrogens is 351 g/mol. The Bertz CT molecular complexity index is 655. The van der Waals surface area contributed by atoms with Gasteiger partial charge in [-0.2, -0.15) is 11.8 Å². The Morgan fingerprint density at radius 2 is 1.83 bits per heavy atom. The van der Waals surface area contributed by atoms with E-state index in [0.29, 0.717) is 6.54 Å². The van der Waals surface area contributed by atoms with Crippen LogP contribution >= 0.6 is 11.8 Å². The van der Waals surface area contributed by atoms with Gasteiger partial charge in [0.2, 0.25) is 15.9 Å². The molecule has 1 aromatic carbocycles. The number of anilines is 1. The van der Waals surface area contributed by atoms with Crippen LogP contribution in [0.5, 0.6) is 0 Å². The van der Waals surface area contributed by atoms with Crippen LogP contribution < -0.4 is 9.62 Å². The van der Waals surface area contributed by atoms with Crippen molar-refractivity contribution in [2.75, 3.05) is 22.9 Å². The van der Waals surface area contributed by atoms with Crippen molar-refractivity contribution < 1.29 is 17.6 Å². The fourth-order valence-electron chi connectivity index (χ4n) is 2.08. The molecule has 0 heterocycles. The fraction of sp³-hybridized carbons (Fsp3) is 0.562. The van der Waals surface area contributed by atoms with E-state index in [0.717, 1.165) is 28.4 Å². The van der Waals surface area contributed by atoms with Gasteiger partial charge in [0.15, 0.2) is 0 Å². The van der Waals surface area contributed by atoms with Crippen molar-refractivity contribution in [3.05, 3.63) is 30.1 Å². The van der Waals surface area contributed by atoms with Gasteiger partial charge >= 0.3 is 0 Å². The zero-order chi connectivity index (χ0) is 18.5. The molecule has 24 heavy (non-hydrogen) atoms. The number of amides is 1. The van der Waals surface area contributed by atoms with Gasteiger partial charge in [-0.1, -0.05) is 20.8 Å². The topological polar surface area (TPSA) is 66.5 Å². The Kier molecular flexibility index (Phi) is 7.10. The minimum Gasteiger partial charge on any atom is -0.353 e. The van der Waals surface area contributed by atoms with Crippen LogP contribution in [-0.2, 0) is 14.8 Å². The Morgan fingerprint density at radius 3 is 2.29 bits per heavy atom. The number of rotatable bonds is 7. The molecule has 1 rings (SSSR count). The van der Waals surface area contributed by atoms with Crippen LogP contribution in [0.25, 0.3) is 0 Å². The summed E-state index contributed by atoms with van der Waals surface area (Å²) in [7, 11) is -3.68. The van der Waals surface area contributed by atoms with Gasteiger partial charge in [-0.3, -0.25) is 9.10 Å². The number of nitrogens with zero attached hydrogens (tertiary/aromatic N) is 1. The van der Waals surface area contributed by atoms with Crippen molar-refractivity contribution in [2.24, 2.45) is 0 Å². The van der Waals surface area contributed by atoms with Crippen molar-refractivity contribution in [3.8, 4) is 0 Å². The molecule has 0 fully saturated rings. The highest BCUT2D eigenvalue weighted by atomic mass is 32.2. The second kappa shape index (κ2) is 8.20. The number of nitrogens with one attached hydrogen (secondary N) is 1. The Labute approximate surface area is 148 Å². The molecule has 0 aliphatic heterocycles. The van der Waals surface area contributed by atoms with Gasteiger partial charge in [0, 0.05) is 17.0 Å². The number of benzene rings is 1. The lowest BCUT2D eigenvalue weighted by Gasteiger charge is -2.28. The van der Waals surface area contributed by atoms with E-state index in [2.05, 4.69) is 26.1 Å². The van der Waals surface area contributed by atoms with Crippen molar-refractivity contribution in [1.82, 2.24) is 5.32 Å². The predicted octanol–water partition coefficient (Wildman–Crippen LogP) is 2.63. The minimum atomic E-state index is -3.68. The van der Waals surface area contributed by atoms with E-state index in [1.165, 1.54) is 19.1 Å². The third-order valence-corrected chi connectivity index (χ3v) is 5.62. The first-order chi connectivity index (χ1) is 10.9. The van der Waals surface area contributed by atoms with Crippen LogP contribution in [0.4, 0.5) is 10.1 Å². The van der Waals surface area contributed by atoms with Gasteiger partial charge in [0.1, 0.15) is 11.9 Å². The maximum Gasteiger partial charge on any atom is 0.243 e. The first kappa shape index (κ1) is 20.8. The molecule has 1 atom stereocenters. The molecule has 1 aromatic rings. The SMILES string of the molecule is C[C@H](C(=O)NCCSC(C)(C)C)N(c1ccc(F)cc1)S(C)(=O)=O. The minimum absolute atomic E-state index is 0.100. The first-order valence-electron chi connectivity index (χ1n) is 7.58. The molecule has 0 aromatic heterocycles. The molecule has 0 radical (unpaired) electrons. The largest absolute Gasteiger partial charge is 0.353 e. The summed E-state index contributed by atoms with van der Waals surface area (Å²) in [6.07, 6.45) is 1.02. The summed E-state index contributed by atoms with van der Waals surface area (Å²) in [6.45, 7) is 8.22. The average molecular weight is 377 g/mol. The summed E-state index contributed by atoms with van der Waals surface area (Å²) in [4.78, 5) is 12.3. The smallest absolute Gasteiger partial charge is 0.243 e. The Balaban J connectivity index is 2.80. The normalized spacial score (nSPS) is 13.4. The summed E-state index contributed by atoms with van der Waals surface area (Å²) in [6, 6.07) is 4.09. The number of carbonyl (C=O) groups excluding carboxylic acids is 1. The van der Waals surface area contributed by atoms with Gasteiger partial charge < -0.3 is 5.32 Å². The predicted molar refractivity (Wildman–Crippen MR) is 98.4 cm³/mol. The van der Waals surface area contributed by atoms with Crippen LogP contribution in [-0.4, -0.2) is 43.7 Å². The monoisotopic (exact) mass is 376 g/mol. The number of hydrogen-bond acceptors (Lipinski definition) is 4. The lowest BCUT2D eigenvalue weighted by Crippen LogP contribution is -2.48. The number of carbonyl (C=O) groups is 1. The molecule has 0 aliphatic rings. The van der Waals surface area contributed by atoms with Crippen LogP contribution in [0, 0.1) is 5.82 Å². The van der Waals surface area contributed by atoms with Gasteiger partial charge in [0.25, 0.3) is 0 Å². The van der Waals surface area contributed by atoms with Crippen LogP contribution in [0.2, 0.25) is 0 Å². The van der Waals surface area contributed by atoms with E-state index < -0.39 is 21.9 Å². The molecule has 0 bridgehead atoms. The summed E-state index contributed by atoms with van der Waals surface area (Å²) in [5.41, 5.74) is 0.255. The quantitative estimate of drug-likeness (QED) is 0.743. The van der Waals surface area contributed by atoms with Gasteiger partial charge in [-0.25, -0.2) is 12.8 Å². The summed E-state index contributed by atoms with van der Waals surface area (Å²) < 4.78 is 38.3. The molecule has 8 heteroatoms. The average Bonchev–Trinajstić information content (AvgIpc) is 2.43. The Hall–Kier alpha value is -1.28. The zero-order valence-corrected chi connectivity index (χ0v) is 16.3. The van der Waals surface area contributed by atoms with Gasteiger partial charge in [-0.05, 0) is 31.2 Å². The van der Waals surface area contributed by atoms with Gasteiger partial charge in [0.05, 0.1) is 11.9 Å². The van der Waals surface area contributed by atoms with E-state index in [9.17, 15) is 17.6 Å². The zero-order valence-electron chi connectivity index (χ0n) is 14.7. The highest BCUT2D eigenvalue weighted by molar-refractivity contribution is 8.00. The van der Waals surface area contributed by atoms with Gasteiger partial charge in [-0.15, -0.1) is 0 Å². The Morgan fingerprint density at radius 1 is 1.29 bits per heavy atom. The number of hydrogen-bond donors (Lipinski definition) is 1. The number of halogens is 1. The summed E-state index contributed by atoms with van der Waals surface area (Å²) >= 11 is 1.71. The lowest BCUT2D eigenvalue weighted by molar-refractivity contribution is -0.121. The van der Waals surface area contributed by atoms with Crippen LogP contribution in [0.15, 0.2) is 24.3 Å². The van der Waals surface area contributed by atoms with E-state index in [4.69, 9.17) is 0 Å². The second-order valence-corrected chi connectivity index (χ2v) is 10.2. The van der Waals surface area contributed by atoms with Crippen molar-refractivity contribution in [1.29, 1.82) is 0 Å². The third-order valence-electron chi connectivity index (χ3n) is 3.11. The van der Waals surface area contributed by atoms with Crippen molar-refractivity contribution in [3.63, 3.8) is 0 Å². The number of sulfonamides is 1. The molecule has 0 aliphatic carbocycles. The van der Waals surface area contributed by atoms with Crippen LogP contribution in [0.1, 0.15) is 27.7 Å². The van der Waals surface area contributed by atoms with Crippen molar-refractivity contribution >= 4 is 33.4 Å². The van der Waals surface area contributed by atoms with Crippen LogP contribution in [0.3, 0.4) is 0 Å². The van der Waals surface area contributed by atoms with E-state index >= 15 is 0 Å². The van der Waals surface area contributed by atoms with E-state index in [1.54, 1.807) is 11.8 Å². The first-order valence-corrected chi connectivity index (χ1v) is 10.4. The number of thioether (sulfide) groups is 1. The second-order valence-electron chi connectivity index (χ2n) is 6.46. The summed E-state index contributed by atoms with van der Waals surface area (Å²) in [5, 5.41) is 2.75. The maximum atomic E-state index is 13.1. The summed E-state index contributed by atoms with van der Waals surface area (Å²) in [5.74, 6) is -0.125. The lowest BCUT2D eigenvalue weighted by atomic mass is 10.2. The van der Waals surface area contributed by atoms with E-state index in [-0.39, 0.29) is 16.3 Å². The van der Waals surface area contributed by atoms with Crippen molar-refractivity contribution in [2.45, 2.75) is 38.5 Å². The fourth-order valence-corrected chi connectivity index (χ4v) is 4.07. The highest BCUT2D eigenvalue weighted by Crippen LogP contribution is 2.23. The van der Waals surface area contributed by atoms with E-state index in [1.807, 2.05) is 0 Å². The third kappa shape index (κ3) is 6.68. The molecule has 1 N–H and O–H groups in total. The standard InChI is InChI=1S/C16H25FN2O3S2/c1-12(15(20)18-10-11-23-16(2,3)4)19(24(5,21)22)14-8-6-13(17)7-9-14/h6-9,12H,10-11H2,1-5H3,(H,18,20)/t12-/m1/s1. The molecular formula is C16H25FN2O3S2. The molecule has 0 spiro atoms. The molecule has 1 amide bonds. The highest BCUT2D eigenvalue weighted by Gasteiger charge is 2.28. The molecule has 0 saturated heterocycles. The molecule has 0 saturated carbocycles. The molecule has 136 valence electrons. The molecule has 0 unspecified atom stereocenters.